The predicted octanol–water partition coefficient (Wildman–Crippen LogP) is 4.31. The molecule has 0 aromatic heterocycles. The van der Waals surface area contributed by atoms with Crippen LogP contribution in [0.4, 0.5) is 14.5 Å². The van der Waals surface area contributed by atoms with Gasteiger partial charge in [0.15, 0.2) is 11.5 Å². The summed E-state index contributed by atoms with van der Waals surface area (Å²) in [6.07, 6.45) is 0. The molecule has 1 N–H and O–H groups in total. The first-order valence-corrected chi connectivity index (χ1v) is 6.99. The molecule has 0 aliphatic heterocycles. The summed E-state index contributed by atoms with van der Waals surface area (Å²) in [5, 5.41) is 2.61. The van der Waals surface area contributed by atoms with E-state index in [0.29, 0.717) is 5.69 Å². The fourth-order valence-electron chi connectivity index (χ4n) is 1.83. The number of carbonyl (C=O) groups is 1. The fourth-order valence-corrected chi connectivity index (χ4v) is 2.23. The van der Waals surface area contributed by atoms with Gasteiger partial charge in [-0.25, -0.2) is 0 Å². The summed E-state index contributed by atoms with van der Waals surface area (Å²) in [5.41, 5.74) is 0.477. The molecule has 22 heavy (non-hydrogen) atoms. The third-order valence-corrected chi connectivity index (χ3v) is 3.23. The Hall–Kier alpha value is -2.15. The van der Waals surface area contributed by atoms with Crippen LogP contribution >= 0.6 is 15.9 Å². The van der Waals surface area contributed by atoms with Crippen LogP contribution in [0.5, 0.6) is 11.5 Å². The molecule has 4 nitrogen and oxygen atoms in total. The molecule has 0 spiro atoms. The number of hydrogen-bond acceptors (Lipinski definition) is 3. The SMILES string of the molecule is COc1cccc(C(=O)Nc2cccc(Br)c2)c1OC(F)F. The van der Waals surface area contributed by atoms with Gasteiger partial charge in [-0.05, 0) is 30.3 Å². The van der Waals surface area contributed by atoms with Gasteiger partial charge in [0.1, 0.15) is 0 Å². The zero-order valence-electron chi connectivity index (χ0n) is 11.5. The number of anilines is 1. The largest absolute Gasteiger partial charge is 0.493 e. The van der Waals surface area contributed by atoms with Gasteiger partial charge in [0.05, 0.1) is 12.7 Å². The van der Waals surface area contributed by atoms with E-state index in [9.17, 15) is 13.6 Å². The van der Waals surface area contributed by atoms with Gasteiger partial charge < -0.3 is 14.8 Å². The van der Waals surface area contributed by atoms with E-state index in [1.807, 2.05) is 0 Å². The fraction of sp³-hybridized carbons (Fsp3) is 0.133. The van der Waals surface area contributed by atoms with Gasteiger partial charge in [0.2, 0.25) is 0 Å². The van der Waals surface area contributed by atoms with Gasteiger partial charge in [0.25, 0.3) is 5.91 Å². The van der Waals surface area contributed by atoms with Crippen molar-refractivity contribution in [2.75, 3.05) is 12.4 Å². The van der Waals surface area contributed by atoms with E-state index in [4.69, 9.17) is 4.74 Å². The van der Waals surface area contributed by atoms with Crippen molar-refractivity contribution in [1.29, 1.82) is 0 Å². The molecule has 2 aromatic rings. The number of halogens is 3. The smallest absolute Gasteiger partial charge is 0.387 e. The summed E-state index contributed by atoms with van der Waals surface area (Å²) in [7, 11) is 1.31. The summed E-state index contributed by atoms with van der Waals surface area (Å²) in [6.45, 7) is -3.06. The molecule has 0 heterocycles. The molecular weight excluding hydrogens is 360 g/mol. The molecule has 0 bridgehead atoms. The highest BCUT2D eigenvalue weighted by molar-refractivity contribution is 9.10. The summed E-state index contributed by atoms with van der Waals surface area (Å²) in [5.74, 6) is -0.817. The third-order valence-electron chi connectivity index (χ3n) is 2.73. The summed E-state index contributed by atoms with van der Waals surface area (Å²) in [4.78, 5) is 12.3. The molecule has 0 fully saturated rings. The van der Waals surface area contributed by atoms with E-state index in [-0.39, 0.29) is 17.1 Å². The van der Waals surface area contributed by atoms with Gasteiger partial charge in [-0.1, -0.05) is 28.1 Å². The van der Waals surface area contributed by atoms with E-state index >= 15 is 0 Å². The quantitative estimate of drug-likeness (QED) is 0.851. The molecule has 0 saturated carbocycles. The Bertz CT molecular complexity index is 680. The maximum atomic E-state index is 12.5. The Morgan fingerprint density at radius 1 is 1.23 bits per heavy atom. The number of benzene rings is 2. The minimum absolute atomic E-state index is 0.0420. The van der Waals surface area contributed by atoms with Crippen molar-refractivity contribution in [3.63, 3.8) is 0 Å². The van der Waals surface area contributed by atoms with Crippen LogP contribution in [0.3, 0.4) is 0 Å². The van der Waals surface area contributed by atoms with Crippen LogP contribution in [0.25, 0.3) is 0 Å². The van der Waals surface area contributed by atoms with Crippen molar-refractivity contribution in [3.05, 3.63) is 52.5 Å². The lowest BCUT2D eigenvalue weighted by atomic mass is 10.1. The van der Waals surface area contributed by atoms with Gasteiger partial charge >= 0.3 is 6.61 Å². The number of carbonyl (C=O) groups excluding carboxylic acids is 1. The number of hydrogen-bond donors (Lipinski definition) is 1. The number of amides is 1. The van der Waals surface area contributed by atoms with E-state index in [2.05, 4.69) is 26.0 Å². The maximum Gasteiger partial charge on any atom is 0.387 e. The number of rotatable bonds is 5. The van der Waals surface area contributed by atoms with Crippen molar-refractivity contribution in [1.82, 2.24) is 0 Å². The second-order valence-electron chi connectivity index (χ2n) is 4.18. The molecular formula is C15H12BrF2NO3. The molecule has 0 unspecified atom stereocenters. The lowest BCUT2D eigenvalue weighted by Gasteiger charge is -2.14. The first-order valence-electron chi connectivity index (χ1n) is 6.20. The highest BCUT2D eigenvalue weighted by atomic mass is 79.9. The van der Waals surface area contributed by atoms with Crippen molar-refractivity contribution in [2.24, 2.45) is 0 Å². The number of nitrogens with one attached hydrogen (secondary N) is 1. The number of alkyl halides is 2. The average molecular weight is 372 g/mol. The third kappa shape index (κ3) is 3.94. The second kappa shape index (κ2) is 7.22. The second-order valence-corrected chi connectivity index (χ2v) is 5.10. The van der Waals surface area contributed by atoms with Crippen molar-refractivity contribution < 1.29 is 23.0 Å². The number of para-hydroxylation sites is 1. The molecule has 0 radical (unpaired) electrons. The minimum Gasteiger partial charge on any atom is -0.493 e. The van der Waals surface area contributed by atoms with Gasteiger partial charge in [-0.2, -0.15) is 8.78 Å². The molecule has 2 aromatic carbocycles. The highest BCUT2D eigenvalue weighted by Gasteiger charge is 2.20. The van der Waals surface area contributed by atoms with Crippen LogP contribution in [0.15, 0.2) is 46.9 Å². The van der Waals surface area contributed by atoms with Crippen LogP contribution in [0.1, 0.15) is 10.4 Å². The summed E-state index contributed by atoms with van der Waals surface area (Å²) < 4.78 is 35.2. The minimum atomic E-state index is -3.06. The van der Waals surface area contributed by atoms with Crippen LogP contribution in [0.2, 0.25) is 0 Å². The van der Waals surface area contributed by atoms with Crippen LogP contribution in [0, 0.1) is 0 Å². The van der Waals surface area contributed by atoms with Gasteiger partial charge in [0, 0.05) is 10.2 Å². The molecule has 0 atom stereocenters. The molecule has 1 amide bonds. The topological polar surface area (TPSA) is 47.6 Å². The van der Waals surface area contributed by atoms with E-state index in [1.54, 1.807) is 24.3 Å². The van der Waals surface area contributed by atoms with Crippen LogP contribution in [-0.4, -0.2) is 19.6 Å². The van der Waals surface area contributed by atoms with E-state index in [1.165, 1.54) is 25.3 Å². The zero-order valence-corrected chi connectivity index (χ0v) is 13.1. The Balaban J connectivity index is 2.32. The first kappa shape index (κ1) is 16.2. The Labute approximate surface area is 134 Å². The number of methoxy groups -OCH3 is 1. The molecule has 2 rings (SSSR count). The lowest BCUT2D eigenvalue weighted by Crippen LogP contribution is -2.15. The normalized spacial score (nSPS) is 10.4. The first-order chi connectivity index (χ1) is 10.5. The Morgan fingerprint density at radius 2 is 1.95 bits per heavy atom. The van der Waals surface area contributed by atoms with Crippen molar-refractivity contribution in [3.8, 4) is 11.5 Å². The van der Waals surface area contributed by atoms with Crippen molar-refractivity contribution >= 4 is 27.5 Å². The number of ether oxygens (including phenoxy) is 2. The predicted molar refractivity (Wildman–Crippen MR) is 81.7 cm³/mol. The summed E-state index contributed by atoms with van der Waals surface area (Å²) >= 11 is 3.28. The Kier molecular flexibility index (Phi) is 5.32. The van der Waals surface area contributed by atoms with Gasteiger partial charge in [-0.3, -0.25) is 4.79 Å². The standard InChI is InChI=1S/C15H12BrF2NO3/c1-21-12-7-3-6-11(13(12)22-15(17)18)14(20)19-10-5-2-4-9(16)8-10/h2-8,15H,1H3,(H,19,20). The maximum absolute atomic E-state index is 12.5. The summed E-state index contributed by atoms with van der Waals surface area (Å²) in [6, 6.07) is 11.2. The molecule has 116 valence electrons. The lowest BCUT2D eigenvalue weighted by molar-refractivity contribution is -0.0515. The van der Waals surface area contributed by atoms with E-state index < -0.39 is 12.5 Å². The molecule has 0 aliphatic carbocycles. The molecule has 0 saturated heterocycles. The highest BCUT2D eigenvalue weighted by Crippen LogP contribution is 2.33. The average Bonchev–Trinajstić information content (AvgIpc) is 2.46. The molecule has 0 aliphatic rings. The van der Waals surface area contributed by atoms with Crippen molar-refractivity contribution in [2.45, 2.75) is 6.61 Å². The van der Waals surface area contributed by atoms with Crippen LogP contribution in [-0.2, 0) is 0 Å². The molecule has 7 heteroatoms. The monoisotopic (exact) mass is 371 g/mol. The van der Waals surface area contributed by atoms with Gasteiger partial charge in [-0.15, -0.1) is 0 Å². The zero-order chi connectivity index (χ0) is 16.1. The van der Waals surface area contributed by atoms with Crippen LogP contribution < -0.4 is 14.8 Å². The van der Waals surface area contributed by atoms with E-state index in [0.717, 1.165) is 4.47 Å². The Morgan fingerprint density at radius 3 is 2.59 bits per heavy atom.